The second-order valence-electron chi connectivity index (χ2n) is 5.66. The van der Waals surface area contributed by atoms with Gasteiger partial charge in [-0.05, 0) is 23.8 Å². The molecule has 2 heterocycles. The zero-order chi connectivity index (χ0) is 18.1. The Bertz CT molecular complexity index is 1110. The molecule has 0 aliphatic heterocycles. The molecular weight excluding hydrogens is 375 g/mol. The molecule has 0 saturated carbocycles. The third-order valence-corrected chi connectivity index (χ3v) is 5.06. The number of hydrogen-bond donors (Lipinski definition) is 1. The Labute approximate surface area is 157 Å². The van der Waals surface area contributed by atoms with Crippen molar-refractivity contribution < 1.29 is 13.6 Å². The molecule has 130 valence electrons. The minimum absolute atomic E-state index is 0.0902. The highest BCUT2D eigenvalue weighted by molar-refractivity contribution is 7.15. The van der Waals surface area contributed by atoms with Gasteiger partial charge in [0.05, 0.1) is 10.6 Å². The molecule has 0 aliphatic rings. The van der Waals surface area contributed by atoms with E-state index in [-0.39, 0.29) is 10.9 Å². The van der Waals surface area contributed by atoms with E-state index in [1.165, 1.54) is 23.7 Å². The quantitative estimate of drug-likeness (QED) is 0.502. The Kier molecular flexibility index (Phi) is 4.44. The number of hydrogen-bond acceptors (Lipinski definition) is 4. The number of aromatic nitrogens is 1. The van der Waals surface area contributed by atoms with Gasteiger partial charge in [0.15, 0.2) is 5.13 Å². The Morgan fingerprint density at radius 1 is 1.27 bits per heavy atom. The fourth-order valence-corrected chi connectivity index (χ4v) is 3.66. The van der Waals surface area contributed by atoms with Gasteiger partial charge in [0, 0.05) is 22.9 Å². The molecule has 0 aliphatic carbocycles. The molecule has 0 fully saturated rings. The number of nitrogens with zero attached hydrogens (tertiary/aromatic N) is 1. The summed E-state index contributed by atoms with van der Waals surface area (Å²) in [6, 6.07) is 11.9. The lowest BCUT2D eigenvalue weighted by Crippen LogP contribution is -2.10. The largest absolute Gasteiger partial charge is 0.463 e. The van der Waals surface area contributed by atoms with Crippen molar-refractivity contribution >= 4 is 44.9 Å². The first-order valence-electron chi connectivity index (χ1n) is 7.76. The number of halogens is 2. The monoisotopic (exact) mass is 386 g/mol. The molecule has 0 saturated heterocycles. The molecule has 2 aromatic heterocycles. The average Bonchev–Trinajstić information content (AvgIpc) is 3.25. The van der Waals surface area contributed by atoms with Crippen molar-refractivity contribution in [3.05, 3.63) is 81.8 Å². The molecule has 0 unspecified atom stereocenters. The lowest BCUT2D eigenvalue weighted by molar-refractivity contribution is 0.102. The molecule has 7 heteroatoms. The normalized spacial score (nSPS) is 11.0. The lowest BCUT2D eigenvalue weighted by atomic mass is 10.1. The van der Waals surface area contributed by atoms with Crippen molar-refractivity contribution in [3.63, 3.8) is 0 Å². The third-order valence-electron chi connectivity index (χ3n) is 3.86. The van der Waals surface area contributed by atoms with Gasteiger partial charge >= 0.3 is 0 Å². The van der Waals surface area contributed by atoms with E-state index in [2.05, 4.69) is 10.3 Å². The maximum Gasteiger partial charge on any atom is 0.261 e. The average molecular weight is 387 g/mol. The van der Waals surface area contributed by atoms with Crippen molar-refractivity contribution in [2.75, 3.05) is 5.32 Å². The minimum Gasteiger partial charge on any atom is -0.463 e. The summed E-state index contributed by atoms with van der Waals surface area (Å²) in [5.74, 6) is -0.722. The van der Waals surface area contributed by atoms with Crippen molar-refractivity contribution in [1.29, 1.82) is 0 Å². The van der Waals surface area contributed by atoms with Crippen molar-refractivity contribution in [1.82, 2.24) is 4.98 Å². The Balaban J connectivity index is 1.49. The standard InChI is InChI=1S/C19H12ClFN2O2S/c20-15-8-11(5-6-16(15)21)7-12-9-22-19(26-12)23-18(24)14-10-25-17-4-2-1-3-13(14)17/h1-6,8-10H,7H2,(H,22,23,24). The van der Waals surface area contributed by atoms with Gasteiger partial charge in [-0.2, -0.15) is 0 Å². The van der Waals surface area contributed by atoms with Crippen molar-refractivity contribution in [2.45, 2.75) is 6.42 Å². The highest BCUT2D eigenvalue weighted by Crippen LogP contribution is 2.26. The van der Waals surface area contributed by atoms with Gasteiger partial charge in [0.1, 0.15) is 17.7 Å². The van der Waals surface area contributed by atoms with Gasteiger partial charge in [-0.3, -0.25) is 10.1 Å². The molecule has 2 aromatic carbocycles. The number of fused-ring (bicyclic) bond motifs is 1. The molecular formula is C19H12ClFN2O2S. The molecule has 1 amide bonds. The van der Waals surface area contributed by atoms with E-state index in [0.29, 0.717) is 22.7 Å². The van der Waals surface area contributed by atoms with E-state index >= 15 is 0 Å². The number of thiazole rings is 1. The van der Waals surface area contributed by atoms with Gasteiger partial charge in [0.2, 0.25) is 0 Å². The smallest absolute Gasteiger partial charge is 0.261 e. The molecule has 26 heavy (non-hydrogen) atoms. The van der Waals surface area contributed by atoms with E-state index in [1.807, 2.05) is 18.2 Å². The molecule has 0 radical (unpaired) electrons. The van der Waals surface area contributed by atoms with Crippen LogP contribution >= 0.6 is 22.9 Å². The second-order valence-corrected chi connectivity index (χ2v) is 7.18. The van der Waals surface area contributed by atoms with Crippen LogP contribution < -0.4 is 5.32 Å². The maximum atomic E-state index is 13.2. The first-order chi connectivity index (χ1) is 12.6. The molecule has 0 atom stereocenters. The van der Waals surface area contributed by atoms with Crippen LogP contribution in [0.3, 0.4) is 0 Å². The molecule has 1 N–H and O–H groups in total. The van der Waals surface area contributed by atoms with Crippen LogP contribution in [-0.2, 0) is 6.42 Å². The van der Waals surface area contributed by atoms with E-state index in [1.54, 1.807) is 24.4 Å². The first-order valence-corrected chi connectivity index (χ1v) is 8.96. The fourth-order valence-electron chi connectivity index (χ4n) is 2.62. The molecule has 0 bridgehead atoms. The van der Waals surface area contributed by atoms with Crippen LogP contribution in [0.1, 0.15) is 20.8 Å². The second kappa shape index (κ2) is 6.90. The zero-order valence-corrected chi connectivity index (χ0v) is 14.9. The van der Waals surface area contributed by atoms with Gasteiger partial charge in [-0.15, -0.1) is 11.3 Å². The fraction of sp³-hybridized carbons (Fsp3) is 0.0526. The van der Waals surface area contributed by atoms with E-state index in [0.717, 1.165) is 15.8 Å². The van der Waals surface area contributed by atoms with Gasteiger partial charge in [-0.25, -0.2) is 9.37 Å². The molecule has 0 spiro atoms. The predicted molar refractivity (Wildman–Crippen MR) is 100 cm³/mol. The zero-order valence-electron chi connectivity index (χ0n) is 13.3. The van der Waals surface area contributed by atoms with Crippen LogP contribution in [0.25, 0.3) is 11.0 Å². The number of furan rings is 1. The van der Waals surface area contributed by atoms with Crippen LogP contribution in [-0.4, -0.2) is 10.9 Å². The van der Waals surface area contributed by atoms with Crippen LogP contribution in [0.4, 0.5) is 9.52 Å². The Morgan fingerprint density at radius 2 is 2.12 bits per heavy atom. The molecule has 4 aromatic rings. The Hall–Kier alpha value is -2.70. The predicted octanol–water partition coefficient (Wildman–Crippen LogP) is 5.52. The van der Waals surface area contributed by atoms with Gasteiger partial charge in [-0.1, -0.05) is 35.9 Å². The highest BCUT2D eigenvalue weighted by atomic mass is 35.5. The minimum atomic E-state index is -0.444. The number of amides is 1. The number of nitrogens with one attached hydrogen (secondary N) is 1. The lowest BCUT2D eigenvalue weighted by Gasteiger charge is -2.01. The van der Waals surface area contributed by atoms with E-state index in [4.69, 9.17) is 16.0 Å². The van der Waals surface area contributed by atoms with Crippen LogP contribution in [0.5, 0.6) is 0 Å². The van der Waals surface area contributed by atoms with Crippen LogP contribution in [0.15, 0.2) is 59.3 Å². The van der Waals surface area contributed by atoms with Crippen molar-refractivity contribution in [2.24, 2.45) is 0 Å². The van der Waals surface area contributed by atoms with Crippen LogP contribution in [0.2, 0.25) is 5.02 Å². The maximum absolute atomic E-state index is 13.2. The first kappa shape index (κ1) is 16.8. The summed E-state index contributed by atoms with van der Waals surface area (Å²) in [6.45, 7) is 0. The summed E-state index contributed by atoms with van der Waals surface area (Å²) in [6.07, 6.45) is 3.68. The summed E-state index contributed by atoms with van der Waals surface area (Å²) in [7, 11) is 0. The number of benzene rings is 2. The molecule has 4 rings (SSSR count). The van der Waals surface area contributed by atoms with Gasteiger partial charge in [0.25, 0.3) is 5.91 Å². The number of rotatable bonds is 4. The summed E-state index contributed by atoms with van der Waals surface area (Å²) >= 11 is 7.16. The van der Waals surface area contributed by atoms with Crippen molar-refractivity contribution in [3.8, 4) is 0 Å². The third kappa shape index (κ3) is 3.34. The number of carbonyl (C=O) groups is 1. The van der Waals surface area contributed by atoms with Gasteiger partial charge < -0.3 is 4.42 Å². The number of para-hydroxylation sites is 1. The SMILES string of the molecule is O=C(Nc1ncc(Cc2ccc(F)c(Cl)c2)s1)c1coc2ccccc12. The number of anilines is 1. The number of carbonyl (C=O) groups excluding carboxylic acids is 1. The summed E-state index contributed by atoms with van der Waals surface area (Å²) in [4.78, 5) is 17.6. The summed E-state index contributed by atoms with van der Waals surface area (Å²) < 4.78 is 18.6. The summed E-state index contributed by atoms with van der Waals surface area (Å²) in [5, 5.41) is 4.12. The Morgan fingerprint density at radius 3 is 2.96 bits per heavy atom. The molecule has 4 nitrogen and oxygen atoms in total. The van der Waals surface area contributed by atoms with Crippen LogP contribution in [0, 0.1) is 5.82 Å². The summed E-state index contributed by atoms with van der Waals surface area (Å²) in [5.41, 5.74) is 1.99. The topological polar surface area (TPSA) is 55.1 Å². The van der Waals surface area contributed by atoms with E-state index in [9.17, 15) is 9.18 Å². The highest BCUT2D eigenvalue weighted by Gasteiger charge is 2.15. The van der Waals surface area contributed by atoms with E-state index < -0.39 is 5.82 Å².